The Morgan fingerprint density at radius 3 is 2.65 bits per heavy atom. The smallest absolute Gasteiger partial charge is 0.240 e. The molecule has 126 valence electrons. The summed E-state index contributed by atoms with van der Waals surface area (Å²) in [6.45, 7) is 0.971. The highest BCUT2D eigenvalue weighted by molar-refractivity contribution is 7.91. The van der Waals surface area contributed by atoms with E-state index in [-0.39, 0.29) is 28.8 Å². The van der Waals surface area contributed by atoms with Crippen molar-refractivity contribution in [2.75, 3.05) is 23.0 Å². The molecule has 0 bridgehead atoms. The fourth-order valence-electron chi connectivity index (χ4n) is 2.36. The molecule has 2 amide bonds. The molecule has 9 heteroatoms. The Balaban J connectivity index is 2.06. The molecular formula is C14H16ClFN2O4S. The van der Waals surface area contributed by atoms with Gasteiger partial charge >= 0.3 is 0 Å². The van der Waals surface area contributed by atoms with Gasteiger partial charge in [0.25, 0.3) is 0 Å². The highest BCUT2D eigenvalue weighted by atomic mass is 35.5. The van der Waals surface area contributed by atoms with E-state index in [2.05, 4.69) is 5.32 Å². The van der Waals surface area contributed by atoms with Crippen LogP contribution in [0.1, 0.15) is 13.3 Å². The summed E-state index contributed by atoms with van der Waals surface area (Å²) in [5.41, 5.74) is 0.290. The Bertz CT molecular complexity index is 738. The van der Waals surface area contributed by atoms with Gasteiger partial charge in [-0.25, -0.2) is 12.8 Å². The Labute approximate surface area is 138 Å². The van der Waals surface area contributed by atoms with Crippen molar-refractivity contribution in [2.45, 2.75) is 19.4 Å². The van der Waals surface area contributed by atoms with Gasteiger partial charge in [-0.05, 0) is 24.6 Å². The van der Waals surface area contributed by atoms with Gasteiger partial charge in [0.2, 0.25) is 11.8 Å². The molecule has 2 rings (SSSR count). The number of carbonyl (C=O) groups is 2. The summed E-state index contributed by atoms with van der Waals surface area (Å²) >= 11 is 5.69. The van der Waals surface area contributed by atoms with Gasteiger partial charge in [0, 0.05) is 18.7 Å². The van der Waals surface area contributed by atoms with Crippen molar-refractivity contribution in [2.24, 2.45) is 0 Å². The van der Waals surface area contributed by atoms with Gasteiger partial charge in [-0.2, -0.15) is 0 Å². The second-order valence-electron chi connectivity index (χ2n) is 5.37. The van der Waals surface area contributed by atoms with Crippen molar-refractivity contribution in [3.05, 3.63) is 29.0 Å². The first-order valence-corrected chi connectivity index (χ1v) is 9.11. The number of anilines is 1. The molecular weight excluding hydrogens is 347 g/mol. The third-order valence-corrected chi connectivity index (χ3v) is 5.55. The van der Waals surface area contributed by atoms with Gasteiger partial charge in [0.15, 0.2) is 9.84 Å². The molecule has 1 aromatic carbocycles. The molecule has 0 aliphatic carbocycles. The molecule has 1 aliphatic rings. The lowest BCUT2D eigenvalue weighted by atomic mass is 10.2. The summed E-state index contributed by atoms with van der Waals surface area (Å²) in [6, 6.07) is 3.26. The number of hydrogen-bond donors (Lipinski definition) is 1. The lowest BCUT2D eigenvalue weighted by molar-refractivity contribution is -0.123. The molecule has 1 atom stereocenters. The zero-order chi connectivity index (χ0) is 17.2. The van der Waals surface area contributed by atoms with Crippen LogP contribution in [0.25, 0.3) is 0 Å². The van der Waals surface area contributed by atoms with Crippen LogP contribution in [-0.2, 0) is 19.4 Å². The number of sulfone groups is 1. The molecule has 0 radical (unpaired) electrons. The number of carbonyl (C=O) groups excluding carboxylic acids is 2. The average molecular weight is 363 g/mol. The minimum absolute atomic E-state index is 0.0436. The molecule has 0 saturated carbocycles. The van der Waals surface area contributed by atoms with Gasteiger partial charge in [-0.3, -0.25) is 9.59 Å². The van der Waals surface area contributed by atoms with E-state index in [0.29, 0.717) is 6.42 Å². The average Bonchev–Trinajstić information content (AvgIpc) is 2.78. The van der Waals surface area contributed by atoms with Crippen LogP contribution in [0.2, 0.25) is 5.02 Å². The fourth-order valence-corrected chi connectivity index (χ4v) is 4.21. The molecule has 1 heterocycles. The highest BCUT2D eigenvalue weighted by Crippen LogP contribution is 2.22. The van der Waals surface area contributed by atoms with Crippen LogP contribution >= 0.6 is 11.6 Å². The third kappa shape index (κ3) is 4.65. The van der Waals surface area contributed by atoms with E-state index in [4.69, 9.17) is 11.6 Å². The zero-order valence-electron chi connectivity index (χ0n) is 12.4. The molecule has 1 unspecified atom stereocenters. The standard InChI is InChI=1S/C14H16ClFN2O4S/c1-9(19)18(11-2-3-13(16)12(15)6-11)7-14(20)17-10-4-5-23(21,22)8-10/h2-3,6,10H,4-5,7-8H2,1H3,(H,17,20). The molecule has 1 saturated heterocycles. The van der Waals surface area contributed by atoms with E-state index in [9.17, 15) is 22.4 Å². The van der Waals surface area contributed by atoms with E-state index in [0.717, 1.165) is 11.0 Å². The summed E-state index contributed by atoms with van der Waals surface area (Å²) in [5.74, 6) is -1.58. The number of halogens is 2. The summed E-state index contributed by atoms with van der Waals surface area (Å²) in [5, 5.41) is 2.44. The van der Waals surface area contributed by atoms with Gasteiger partial charge in [-0.1, -0.05) is 11.6 Å². The molecule has 1 aliphatic heterocycles. The van der Waals surface area contributed by atoms with Gasteiger partial charge in [-0.15, -0.1) is 0 Å². The molecule has 0 spiro atoms. The van der Waals surface area contributed by atoms with E-state index in [1.54, 1.807) is 0 Å². The van der Waals surface area contributed by atoms with Crippen LogP contribution in [0.15, 0.2) is 18.2 Å². The minimum Gasteiger partial charge on any atom is -0.351 e. The lowest BCUT2D eigenvalue weighted by Crippen LogP contribution is -2.44. The molecule has 1 fully saturated rings. The topological polar surface area (TPSA) is 83.6 Å². The van der Waals surface area contributed by atoms with Crippen LogP contribution in [0.3, 0.4) is 0 Å². The van der Waals surface area contributed by atoms with Crippen LogP contribution in [0.4, 0.5) is 10.1 Å². The monoisotopic (exact) mass is 362 g/mol. The van der Waals surface area contributed by atoms with Crippen molar-refractivity contribution in [3.8, 4) is 0 Å². The Kier molecular flexibility index (Phi) is 5.26. The van der Waals surface area contributed by atoms with Crippen LogP contribution in [0.5, 0.6) is 0 Å². The first-order chi connectivity index (χ1) is 10.7. The normalized spacial score (nSPS) is 19.3. The number of hydrogen-bond acceptors (Lipinski definition) is 4. The van der Waals surface area contributed by atoms with Crippen LogP contribution in [-0.4, -0.2) is 44.3 Å². The van der Waals surface area contributed by atoms with Crippen molar-refractivity contribution >= 4 is 38.9 Å². The highest BCUT2D eigenvalue weighted by Gasteiger charge is 2.29. The maximum atomic E-state index is 13.2. The summed E-state index contributed by atoms with van der Waals surface area (Å²) in [7, 11) is -3.10. The van der Waals surface area contributed by atoms with Crippen molar-refractivity contribution in [1.82, 2.24) is 5.32 Å². The fraction of sp³-hybridized carbons (Fsp3) is 0.429. The zero-order valence-corrected chi connectivity index (χ0v) is 14.0. The third-order valence-electron chi connectivity index (χ3n) is 3.49. The van der Waals surface area contributed by atoms with Crippen molar-refractivity contribution in [1.29, 1.82) is 0 Å². The predicted molar refractivity (Wildman–Crippen MR) is 84.6 cm³/mol. The summed E-state index contributed by atoms with van der Waals surface area (Å²) < 4.78 is 36.0. The number of rotatable bonds is 4. The van der Waals surface area contributed by atoms with Crippen molar-refractivity contribution in [3.63, 3.8) is 0 Å². The van der Waals surface area contributed by atoms with Crippen LogP contribution in [0, 0.1) is 5.82 Å². The maximum Gasteiger partial charge on any atom is 0.240 e. The van der Waals surface area contributed by atoms with Gasteiger partial charge < -0.3 is 10.2 Å². The van der Waals surface area contributed by atoms with Gasteiger partial charge in [0.1, 0.15) is 12.4 Å². The van der Waals surface area contributed by atoms with E-state index in [1.165, 1.54) is 19.1 Å². The lowest BCUT2D eigenvalue weighted by Gasteiger charge is -2.22. The first-order valence-electron chi connectivity index (χ1n) is 6.91. The molecule has 0 aromatic heterocycles. The van der Waals surface area contributed by atoms with Gasteiger partial charge in [0.05, 0.1) is 16.5 Å². The largest absolute Gasteiger partial charge is 0.351 e. The Morgan fingerprint density at radius 2 is 2.13 bits per heavy atom. The Morgan fingerprint density at radius 1 is 1.43 bits per heavy atom. The van der Waals surface area contributed by atoms with E-state index < -0.39 is 33.5 Å². The number of amides is 2. The Hall–Kier alpha value is -1.67. The second kappa shape index (κ2) is 6.84. The molecule has 23 heavy (non-hydrogen) atoms. The summed E-state index contributed by atoms with van der Waals surface area (Å²) in [4.78, 5) is 24.9. The summed E-state index contributed by atoms with van der Waals surface area (Å²) in [6.07, 6.45) is 0.358. The van der Waals surface area contributed by atoms with E-state index in [1.807, 2.05) is 0 Å². The van der Waals surface area contributed by atoms with Crippen LogP contribution < -0.4 is 10.2 Å². The van der Waals surface area contributed by atoms with Crippen molar-refractivity contribution < 1.29 is 22.4 Å². The first kappa shape index (κ1) is 17.7. The SMILES string of the molecule is CC(=O)N(CC(=O)NC1CCS(=O)(=O)C1)c1ccc(F)c(Cl)c1. The molecule has 6 nitrogen and oxygen atoms in total. The number of nitrogens with zero attached hydrogens (tertiary/aromatic N) is 1. The molecule has 1 aromatic rings. The quantitative estimate of drug-likeness (QED) is 0.870. The minimum atomic E-state index is -3.10. The predicted octanol–water partition coefficient (Wildman–Crippen LogP) is 1.14. The van der Waals surface area contributed by atoms with E-state index >= 15 is 0 Å². The second-order valence-corrected chi connectivity index (χ2v) is 8.01. The maximum absolute atomic E-state index is 13.2. The number of nitrogens with one attached hydrogen (secondary N) is 1. The number of benzene rings is 1. The molecule has 1 N–H and O–H groups in total.